The van der Waals surface area contributed by atoms with Crippen molar-refractivity contribution in [1.29, 1.82) is 0 Å². The van der Waals surface area contributed by atoms with Crippen molar-refractivity contribution in [2.24, 2.45) is 0 Å². The first-order valence-corrected chi connectivity index (χ1v) is 7.04. The molecule has 1 heterocycles. The monoisotopic (exact) mass is 253 g/mol. The van der Waals surface area contributed by atoms with E-state index in [0.717, 1.165) is 39.1 Å². The summed E-state index contributed by atoms with van der Waals surface area (Å²) in [7, 11) is 0. The third-order valence-corrected chi connectivity index (χ3v) is 2.82. The molecule has 4 nitrogen and oxygen atoms in total. The van der Waals surface area contributed by atoms with Crippen LogP contribution in [0, 0.1) is 0 Å². The predicted molar refractivity (Wildman–Crippen MR) is 74.5 cm³/mol. The van der Waals surface area contributed by atoms with Crippen LogP contribution in [0.25, 0.3) is 0 Å². The predicted octanol–water partition coefficient (Wildman–Crippen LogP) is 2.59. The summed E-state index contributed by atoms with van der Waals surface area (Å²) in [6.45, 7) is 10.1. The van der Waals surface area contributed by atoms with Gasteiger partial charge in [0.2, 0.25) is 0 Å². The standard InChI is InChI=1S/C14H27N3O/c1-4-5-8-18-9-6-7-17-12-15-10-14(17)11-16-13(2)3/h10,12-13,16H,4-9,11H2,1-3H3. The summed E-state index contributed by atoms with van der Waals surface area (Å²) >= 11 is 0. The molecule has 0 aliphatic rings. The first-order chi connectivity index (χ1) is 8.74. The Balaban J connectivity index is 2.19. The van der Waals surface area contributed by atoms with Gasteiger partial charge in [0, 0.05) is 38.5 Å². The summed E-state index contributed by atoms with van der Waals surface area (Å²) in [4.78, 5) is 4.21. The fourth-order valence-electron chi connectivity index (χ4n) is 1.69. The second-order valence-corrected chi connectivity index (χ2v) is 4.93. The van der Waals surface area contributed by atoms with Crippen molar-refractivity contribution < 1.29 is 4.74 Å². The van der Waals surface area contributed by atoms with E-state index in [0.29, 0.717) is 6.04 Å². The number of ether oxygens (including phenoxy) is 1. The molecule has 1 rings (SSSR count). The maximum Gasteiger partial charge on any atom is 0.0948 e. The van der Waals surface area contributed by atoms with E-state index < -0.39 is 0 Å². The smallest absolute Gasteiger partial charge is 0.0948 e. The van der Waals surface area contributed by atoms with E-state index in [1.807, 2.05) is 12.5 Å². The molecule has 104 valence electrons. The summed E-state index contributed by atoms with van der Waals surface area (Å²) in [6, 6.07) is 0.505. The Hall–Kier alpha value is -0.870. The normalized spacial score (nSPS) is 11.3. The van der Waals surface area contributed by atoms with Gasteiger partial charge in [0.1, 0.15) is 0 Å². The van der Waals surface area contributed by atoms with Gasteiger partial charge < -0.3 is 14.6 Å². The van der Waals surface area contributed by atoms with E-state index in [2.05, 4.69) is 35.6 Å². The average molecular weight is 253 g/mol. The zero-order valence-electron chi connectivity index (χ0n) is 12.0. The molecule has 0 atom stereocenters. The highest BCUT2D eigenvalue weighted by Gasteiger charge is 2.02. The quantitative estimate of drug-likeness (QED) is 0.651. The molecule has 0 bridgehead atoms. The van der Waals surface area contributed by atoms with Gasteiger partial charge in [0.05, 0.1) is 12.0 Å². The molecule has 0 saturated heterocycles. The van der Waals surface area contributed by atoms with Gasteiger partial charge in [-0.05, 0) is 12.8 Å². The van der Waals surface area contributed by atoms with E-state index >= 15 is 0 Å². The number of nitrogens with zero attached hydrogens (tertiary/aromatic N) is 2. The van der Waals surface area contributed by atoms with Gasteiger partial charge in [0.25, 0.3) is 0 Å². The average Bonchev–Trinajstić information content (AvgIpc) is 2.78. The number of rotatable bonds is 10. The van der Waals surface area contributed by atoms with Crippen LogP contribution < -0.4 is 5.32 Å². The Bertz CT molecular complexity index is 310. The molecule has 18 heavy (non-hydrogen) atoms. The Morgan fingerprint density at radius 3 is 2.83 bits per heavy atom. The molecule has 1 aromatic rings. The third kappa shape index (κ3) is 6.17. The number of nitrogens with one attached hydrogen (secondary N) is 1. The fourth-order valence-corrected chi connectivity index (χ4v) is 1.69. The number of unbranched alkanes of at least 4 members (excludes halogenated alkanes) is 1. The van der Waals surface area contributed by atoms with Gasteiger partial charge in [-0.1, -0.05) is 27.2 Å². The van der Waals surface area contributed by atoms with Crippen LogP contribution in [0.3, 0.4) is 0 Å². The molecule has 0 aliphatic heterocycles. The zero-order valence-corrected chi connectivity index (χ0v) is 12.0. The lowest BCUT2D eigenvalue weighted by atomic mass is 10.3. The Morgan fingerprint density at radius 1 is 1.33 bits per heavy atom. The third-order valence-electron chi connectivity index (χ3n) is 2.82. The minimum absolute atomic E-state index is 0.505. The van der Waals surface area contributed by atoms with Gasteiger partial charge in [-0.15, -0.1) is 0 Å². The van der Waals surface area contributed by atoms with Crippen molar-refractivity contribution in [1.82, 2.24) is 14.9 Å². The van der Waals surface area contributed by atoms with E-state index in [1.165, 1.54) is 12.1 Å². The van der Waals surface area contributed by atoms with Gasteiger partial charge in [-0.3, -0.25) is 0 Å². The Labute approximate surface area is 111 Å². The van der Waals surface area contributed by atoms with E-state index in [4.69, 9.17) is 4.74 Å². The first-order valence-electron chi connectivity index (χ1n) is 7.04. The second kappa shape index (κ2) is 9.11. The second-order valence-electron chi connectivity index (χ2n) is 4.93. The van der Waals surface area contributed by atoms with Crippen molar-refractivity contribution in [3.63, 3.8) is 0 Å². The van der Waals surface area contributed by atoms with Crippen molar-refractivity contribution in [3.05, 3.63) is 18.2 Å². The minimum Gasteiger partial charge on any atom is -0.381 e. The van der Waals surface area contributed by atoms with Crippen LogP contribution in [0.5, 0.6) is 0 Å². The van der Waals surface area contributed by atoms with Crippen LogP contribution in [0.15, 0.2) is 12.5 Å². The molecule has 0 fully saturated rings. The highest BCUT2D eigenvalue weighted by Crippen LogP contribution is 2.02. The maximum absolute atomic E-state index is 5.56. The molecule has 4 heteroatoms. The number of imidazole rings is 1. The molecule has 0 radical (unpaired) electrons. The Kier molecular flexibility index (Phi) is 7.69. The lowest BCUT2D eigenvalue weighted by molar-refractivity contribution is 0.126. The minimum atomic E-state index is 0.505. The van der Waals surface area contributed by atoms with E-state index in [9.17, 15) is 0 Å². The lowest BCUT2D eigenvalue weighted by Crippen LogP contribution is -2.23. The molecule has 0 aliphatic carbocycles. The summed E-state index contributed by atoms with van der Waals surface area (Å²) in [5.41, 5.74) is 1.25. The number of aromatic nitrogens is 2. The number of hydrogen-bond donors (Lipinski definition) is 1. The van der Waals surface area contributed by atoms with Crippen LogP contribution >= 0.6 is 0 Å². The molecule has 0 saturated carbocycles. The van der Waals surface area contributed by atoms with Crippen LogP contribution in [0.1, 0.15) is 45.7 Å². The molecule has 1 aromatic heterocycles. The van der Waals surface area contributed by atoms with Gasteiger partial charge in [-0.2, -0.15) is 0 Å². The SMILES string of the molecule is CCCCOCCCn1cncc1CNC(C)C. The topological polar surface area (TPSA) is 39.1 Å². The zero-order chi connectivity index (χ0) is 13.2. The summed E-state index contributed by atoms with van der Waals surface area (Å²) in [5, 5.41) is 3.41. The Morgan fingerprint density at radius 2 is 2.11 bits per heavy atom. The van der Waals surface area contributed by atoms with E-state index in [-0.39, 0.29) is 0 Å². The molecular formula is C14H27N3O. The molecule has 1 N–H and O–H groups in total. The maximum atomic E-state index is 5.56. The van der Waals surface area contributed by atoms with Gasteiger partial charge in [0.15, 0.2) is 0 Å². The number of aryl methyl sites for hydroxylation is 1. The van der Waals surface area contributed by atoms with Crippen molar-refractivity contribution in [2.75, 3.05) is 13.2 Å². The molecule has 0 aromatic carbocycles. The fraction of sp³-hybridized carbons (Fsp3) is 0.786. The highest BCUT2D eigenvalue weighted by atomic mass is 16.5. The lowest BCUT2D eigenvalue weighted by Gasteiger charge is -2.11. The van der Waals surface area contributed by atoms with Crippen LogP contribution in [-0.4, -0.2) is 28.8 Å². The van der Waals surface area contributed by atoms with Crippen molar-refractivity contribution in [3.8, 4) is 0 Å². The summed E-state index contributed by atoms with van der Waals surface area (Å²) in [6.07, 6.45) is 7.26. The summed E-state index contributed by atoms with van der Waals surface area (Å²) < 4.78 is 7.77. The molecule has 0 unspecified atom stereocenters. The summed E-state index contributed by atoms with van der Waals surface area (Å²) in [5.74, 6) is 0. The highest BCUT2D eigenvalue weighted by molar-refractivity contribution is 4.98. The van der Waals surface area contributed by atoms with Gasteiger partial charge >= 0.3 is 0 Å². The van der Waals surface area contributed by atoms with Crippen LogP contribution in [0.2, 0.25) is 0 Å². The van der Waals surface area contributed by atoms with Crippen molar-refractivity contribution >= 4 is 0 Å². The molecule has 0 amide bonds. The largest absolute Gasteiger partial charge is 0.381 e. The number of hydrogen-bond acceptors (Lipinski definition) is 3. The van der Waals surface area contributed by atoms with E-state index in [1.54, 1.807) is 0 Å². The first kappa shape index (κ1) is 15.2. The van der Waals surface area contributed by atoms with Crippen LogP contribution in [-0.2, 0) is 17.8 Å². The van der Waals surface area contributed by atoms with Crippen LogP contribution in [0.4, 0.5) is 0 Å². The van der Waals surface area contributed by atoms with Crippen molar-refractivity contribution in [2.45, 2.75) is 59.2 Å². The molecular weight excluding hydrogens is 226 g/mol. The molecule has 0 spiro atoms. The van der Waals surface area contributed by atoms with Gasteiger partial charge in [-0.25, -0.2) is 4.98 Å².